The Labute approximate surface area is 259 Å². The molecule has 41 heavy (non-hydrogen) atoms. The van der Waals surface area contributed by atoms with Crippen molar-refractivity contribution in [3.63, 3.8) is 0 Å². The molecule has 1 N–H and O–H groups in total. The number of rotatable bonds is 32. The SMILES string of the molecule is CCCCCCCCCCCC[N+](C)(C)CCCCCCCCCCCCCCCC[N+](C)(C)CCCS(=O)(=O)O. The molecule has 5 nitrogen and oxygen atoms in total. The Morgan fingerprint density at radius 2 is 0.610 bits per heavy atom. The molecule has 0 radical (unpaired) electrons. The van der Waals surface area contributed by atoms with Crippen molar-refractivity contribution in [2.75, 3.05) is 60.1 Å². The van der Waals surface area contributed by atoms with Gasteiger partial charge in [-0.2, -0.15) is 8.42 Å². The standard InChI is InChI=1S/C35H75N2O3S/c1-6-7-8-9-10-11-18-21-24-27-31-36(2,3)32-28-25-22-19-16-14-12-13-15-17-20-23-26-29-33-37(4,5)34-30-35-41(38,39)40/h6-35H2,1-5H3/q+1/p+1. The van der Waals surface area contributed by atoms with Gasteiger partial charge in [-0.05, 0) is 38.5 Å². The van der Waals surface area contributed by atoms with Crippen molar-refractivity contribution in [2.45, 2.75) is 167 Å². The Kier molecular flexibility index (Phi) is 26.1. The molecule has 0 aliphatic rings. The van der Waals surface area contributed by atoms with Crippen molar-refractivity contribution in [3.8, 4) is 0 Å². The Hall–Kier alpha value is -0.170. The summed E-state index contributed by atoms with van der Waals surface area (Å²) in [5, 5.41) is 0. The van der Waals surface area contributed by atoms with Crippen LogP contribution in [0.1, 0.15) is 167 Å². The van der Waals surface area contributed by atoms with Gasteiger partial charge in [-0.1, -0.05) is 122 Å². The molecule has 0 bridgehead atoms. The minimum Gasteiger partial charge on any atom is -0.328 e. The van der Waals surface area contributed by atoms with E-state index in [0.717, 1.165) is 17.6 Å². The van der Waals surface area contributed by atoms with E-state index in [-0.39, 0.29) is 5.75 Å². The average molecular weight is 605 g/mol. The molecule has 0 saturated carbocycles. The zero-order valence-electron chi connectivity index (χ0n) is 28.8. The second-order valence-corrected chi connectivity index (χ2v) is 16.1. The van der Waals surface area contributed by atoms with Gasteiger partial charge < -0.3 is 8.97 Å². The van der Waals surface area contributed by atoms with Crippen LogP contribution in [0.15, 0.2) is 0 Å². The minimum absolute atomic E-state index is 0.119. The lowest BCUT2D eigenvalue weighted by atomic mass is 10.0. The van der Waals surface area contributed by atoms with Crippen LogP contribution in [0.3, 0.4) is 0 Å². The predicted molar refractivity (Wildman–Crippen MR) is 181 cm³/mol. The highest BCUT2D eigenvalue weighted by Gasteiger charge is 2.16. The van der Waals surface area contributed by atoms with Crippen LogP contribution in [-0.2, 0) is 10.1 Å². The molecule has 0 aromatic heterocycles. The fourth-order valence-electron chi connectivity index (χ4n) is 6.13. The monoisotopic (exact) mass is 605 g/mol. The second kappa shape index (κ2) is 26.3. The first-order chi connectivity index (χ1) is 19.5. The van der Waals surface area contributed by atoms with Gasteiger partial charge in [0, 0.05) is 6.42 Å². The van der Waals surface area contributed by atoms with Crippen molar-refractivity contribution in [1.29, 1.82) is 0 Å². The van der Waals surface area contributed by atoms with Gasteiger partial charge in [-0.15, -0.1) is 0 Å². The number of quaternary nitrogens is 2. The quantitative estimate of drug-likeness (QED) is 0.0472. The highest BCUT2D eigenvalue weighted by Crippen LogP contribution is 2.15. The summed E-state index contributed by atoms with van der Waals surface area (Å²) < 4.78 is 32.7. The van der Waals surface area contributed by atoms with Crippen molar-refractivity contribution in [3.05, 3.63) is 0 Å². The van der Waals surface area contributed by atoms with Crippen LogP contribution in [0, 0.1) is 0 Å². The summed E-state index contributed by atoms with van der Waals surface area (Å²) in [6.45, 7) is 6.89. The summed E-state index contributed by atoms with van der Waals surface area (Å²) in [6.07, 6.45) is 34.1. The molecule has 0 aliphatic carbocycles. The highest BCUT2D eigenvalue weighted by molar-refractivity contribution is 7.85. The molecule has 248 valence electrons. The normalized spacial score (nSPS) is 12.8. The summed E-state index contributed by atoms with van der Waals surface area (Å²) >= 11 is 0. The van der Waals surface area contributed by atoms with E-state index in [1.165, 1.54) is 172 Å². The van der Waals surface area contributed by atoms with Gasteiger partial charge in [0.15, 0.2) is 0 Å². The van der Waals surface area contributed by atoms with E-state index in [0.29, 0.717) is 6.42 Å². The van der Waals surface area contributed by atoms with E-state index >= 15 is 0 Å². The Bertz CT molecular complexity index is 664. The Morgan fingerprint density at radius 1 is 0.390 bits per heavy atom. The largest absolute Gasteiger partial charge is 0.328 e. The zero-order chi connectivity index (χ0) is 30.7. The lowest BCUT2D eigenvalue weighted by molar-refractivity contribution is -0.890. The molecule has 6 heteroatoms. The van der Waals surface area contributed by atoms with Crippen LogP contribution in [0.25, 0.3) is 0 Å². The third-order valence-corrected chi connectivity index (χ3v) is 9.86. The number of hydrogen-bond donors (Lipinski definition) is 1. The highest BCUT2D eigenvalue weighted by atomic mass is 32.2. The summed E-state index contributed by atoms with van der Waals surface area (Å²) in [6, 6.07) is 0. The molecular formula is C35H76N2O3S+2. The van der Waals surface area contributed by atoms with E-state index < -0.39 is 10.1 Å². The topological polar surface area (TPSA) is 54.4 Å². The fourth-order valence-corrected chi connectivity index (χ4v) is 6.62. The number of hydrogen-bond acceptors (Lipinski definition) is 2. The minimum atomic E-state index is -3.82. The summed E-state index contributed by atoms with van der Waals surface area (Å²) in [4.78, 5) is 0. The van der Waals surface area contributed by atoms with Gasteiger partial charge >= 0.3 is 0 Å². The molecular weight excluding hydrogens is 528 g/mol. The average Bonchev–Trinajstić information content (AvgIpc) is 2.88. The van der Waals surface area contributed by atoms with Crippen molar-refractivity contribution in [2.24, 2.45) is 0 Å². The number of unbranched alkanes of at least 4 members (excludes halogenated alkanes) is 22. The van der Waals surface area contributed by atoms with E-state index in [1.54, 1.807) is 0 Å². The molecule has 0 spiro atoms. The van der Waals surface area contributed by atoms with Gasteiger partial charge in [0.05, 0.1) is 60.1 Å². The summed E-state index contributed by atoms with van der Waals surface area (Å²) in [7, 11) is 5.37. The summed E-state index contributed by atoms with van der Waals surface area (Å²) in [5.74, 6) is -0.119. The Morgan fingerprint density at radius 3 is 0.854 bits per heavy atom. The molecule has 0 heterocycles. The fraction of sp³-hybridized carbons (Fsp3) is 1.00. The van der Waals surface area contributed by atoms with Crippen LogP contribution in [-0.4, -0.2) is 82.1 Å². The molecule has 0 rings (SSSR count). The maximum atomic E-state index is 10.9. The summed E-state index contributed by atoms with van der Waals surface area (Å²) in [5.41, 5.74) is 0. The van der Waals surface area contributed by atoms with Crippen molar-refractivity contribution >= 4 is 10.1 Å². The predicted octanol–water partition coefficient (Wildman–Crippen LogP) is 9.80. The molecule has 0 saturated heterocycles. The first-order valence-electron chi connectivity index (χ1n) is 18.1. The first-order valence-corrected chi connectivity index (χ1v) is 19.7. The maximum absolute atomic E-state index is 10.9. The molecule has 0 aliphatic heterocycles. The molecule has 0 amide bonds. The van der Waals surface area contributed by atoms with Crippen LogP contribution >= 0.6 is 0 Å². The van der Waals surface area contributed by atoms with Crippen molar-refractivity contribution in [1.82, 2.24) is 0 Å². The third kappa shape index (κ3) is 32.6. The van der Waals surface area contributed by atoms with E-state index in [9.17, 15) is 8.42 Å². The number of nitrogens with zero attached hydrogens (tertiary/aromatic N) is 2. The molecule has 0 aromatic carbocycles. The zero-order valence-corrected chi connectivity index (χ0v) is 29.6. The smallest absolute Gasteiger partial charge is 0.265 e. The van der Waals surface area contributed by atoms with Gasteiger partial charge in [-0.3, -0.25) is 4.55 Å². The van der Waals surface area contributed by atoms with Crippen LogP contribution in [0.2, 0.25) is 0 Å². The second-order valence-electron chi connectivity index (χ2n) is 14.5. The van der Waals surface area contributed by atoms with Crippen molar-refractivity contribution < 1.29 is 21.9 Å². The van der Waals surface area contributed by atoms with E-state index in [4.69, 9.17) is 4.55 Å². The maximum Gasteiger partial charge on any atom is 0.265 e. The molecule has 0 fully saturated rings. The van der Waals surface area contributed by atoms with E-state index in [1.807, 2.05) is 0 Å². The molecule has 0 unspecified atom stereocenters. The molecule has 0 atom stereocenters. The van der Waals surface area contributed by atoms with Crippen LogP contribution in [0.5, 0.6) is 0 Å². The van der Waals surface area contributed by atoms with Gasteiger partial charge in [0.2, 0.25) is 0 Å². The Balaban J connectivity index is 3.39. The van der Waals surface area contributed by atoms with Gasteiger partial charge in [0.1, 0.15) is 0 Å². The van der Waals surface area contributed by atoms with Gasteiger partial charge in [0.25, 0.3) is 10.1 Å². The van der Waals surface area contributed by atoms with Gasteiger partial charge in [-0.25, -0.2) is 0 Å². The molecule has 0 aromatic rings. The van der Waals surface area contributed by atoms with Crippen LogP contribution in [0.4, 0.5) is 0 Å². The van der Waals surface area contributed by atoms with Crippen LogP contribution < -0.4 is 0 Å². The first kappa shape index (κ1) is 40.8. The third-order valence-electron chi connectivity index (χ3n) is 9.06. The lowest BCUT2D eigenvalue weighted by Crippen LogP contribution is -2.41. The lowest BCUT2D eigenvalue weighted by Gasteiger charge is -2.30. The van der Waals surface area contributed by atoms with E-state index in [2.05, 4.69) is 35.1 Å².